The molecule has 0 fully saturated rings. The van der Waals surface area contributed by atoms with Gasteiger partial charge in [0.1, 0.15) is 11.6 Å². The van der Waals surface area contributed by atoms with Crippen LogP contribution in [0.25, 0.3) is 6.08 Å². The lowest BCUT2D eigenvalue weighted by molar-refractivity contribution is -0.124. The van der Waals surface area contributed by atoms with Crippen molar-refractivity contribution < 1.29 is 19.4 Å². The number of ether oxygens (including phenoxy) is 1. The Hall–Kier alpha value is -3.49. The fraction of sp³-hybridized carbons (Fsp3) is 0.324. The van der Waals surface area contributed by atoms with Crippen molar-refractivity contribution in [3.63, 3.8) is 0 Å². The molecule has 0 radical (unpaired) electrons. The Morgan fingerprint density at radius 1 is 1.05 bits per heavy atom. The number of anilines is 1. The molecule has 2 aliphatic rings. The van der Waals surface area contributed by atoms with Gasteiger partial charge >= 0.3 is 0 Å². The highest BCUT2D eigenvalue weighted by molar-refractivity contribution is 8.77. The van der Waals surface area contributed by atoms with Gasteiger partial charge in [0.25, 0.3) is 0 Å². The van der Waals surface area contributed by atoms with Gasteiger partial charge in [0, 0.05) is 34.6 Å². The molecule has 4 unspecified atom stereocenters. The number of phenolic OH excluding ortho intramolecular Hbond substituents is 1. The van der Waals surface area contributed by atoms with Gasteiger partial charge in [-0.05, 0) is 65.3 Å². The molecule has 0 spiro atoms. The number of Topliss-reactive ketones (excluding diaryl/α,β-unsaturated/α-hetero) is 1. The second-order valence-electron chi connectivity index (χ2n) is 10.8. The maximum Gasteiger partial charge on any atom is 0.163 e. The number of pyridine rings is 1. The molecule has 218 valence electrons. The average Bonchev–Trinajstić information content (AvgIpc) is 2.99. The number of benzene rings is 2. The highest BCUT2D eigenvalue weighted by Crippen LogP contribution is 2.49. The van der Waals surface area contributed by atoms with Crippen molar-refractivity contribution in [1.29, 1.82) is 0 Å². The van der Waals surface area contributed by atoms with Crippen LogP contribution in [0.4, 0.5) is 5.82 Å². The normalized spacial score (nSPS) is 22.8. The molecule has 5 rings (SSSR count). The first-order chi connectivity index (χ1) is 20.4. The number of carbonyl (C=O) groups excluding carboxylic acids is 2. The van der Waals surface area contributed by atoms with E-state index >= 15 is 0 Å². The standard InChI is InChI=1S/C34H36N2O4S2/c1-3-22-9-11-25(37)18-26(38)12-10-23-17-31(40-2)30(39)19-28(23)27-13-14-32(22)41-42-33(15-21-7-5-4-6-8-21)29-16-24(27)20-36-34(29)35/h4-8,10,12-14,16-17,19-20,22,27,32-33,39H,3,9,11,15,18H2,1-2H3,(H2,35,36). The lowest BCUT2D eigenvalue weighted by atomic mass is 9.85. The van der Waals surface area contributed by atoms with Gasteiger partial charge < -0.3 is 15.6 Å². The van der Waals surface area contributed by atoms with E-state index in [4.69, 9.17) is 10.5 Å². The summed E-state index contributed by atoms with van der Waals surface area (Å²) in [6.07, 6.45) is 12.1. The van der Waals surface area contributed by atoms with Crippen LogP contribution in [0.15, 0.2) is 73.0 Å². The van der Waals surface area contributed by atoms with Gasteiger partial charge in [-0.1, -0.05) is 83.5 Å². The minimum atomic E-state index is -0.269. The van der Waals surface area contributed by atoms with Crippen molar-refractivity contribution in [2.24, 2.45) is 5.92 Å². The number of rotatable bonds is 4. The maximum absolute atomic E-state index is 12.8. The van der Waals surface area contributed by atoms with E-state index in [2.05, 4.69) is 54.4 Å². The van der Waals surface area contributed by atoms with Crippen molar-refractivity contribution in [3.8, 4) is 11.5 Å². The average molecular weight is 601 g/mol. The van der Waals surface area contributed by atoms with Crippen LogP contribution < -0.4 is 10.5 Å². The molecular weight excluding hydrogens is 565 g/mol. The Bertz CT molecular complexity index is 1500. The van der Waals surface area contributed by atoms with Crippen molar-refractivity contribution in [1.82, 2.24) is 4.98 Å². The largest absolute Gasteiger partial charge is 0.504 e. The first kappa shape index (κ1) is 30.0. The number of ketones is 2. The molecule has 4 atom stereocenters. The first-order valence-corrected chi connectivity index (χ1v) is 16.6. The molecule has 0 saturated carbocycles. The topological polar surface area (TPSA) is 103 Å². The third kappa shape index (κ3) is 6.93. The number of allylic oxidation sites excluding steroid dienone is 2. The smallest absolute Gasteiger partial charge is 0.163 e. The summed E-state index contributed by atoms with van der Waals surface area (Å²) in [6.45, 7) is 2.16. The minimum Gasteiger partial charge on any atom is -0.504 e. The van der Waals surface area contributed by atoms with Gasteiger partial charge in [0.2, 0.25) is 0 Å². The Kier molecular flexibility index (Phi) is 9.75. The zero-order valence-corrected chi connectivity index (χ0v) is 25.5. The van der Waals surface area contributed by atoms with Crippen molar-refractivity contribution in [2.45, 2.75) is 55.4 Å². The first-order valence-electron chi connectivity index (χ1n) is 14.3. The monoisotopic (exact) mass is 600 g/mol. The summed E-state index contributed by atoms with van der Waals surface area (Å²) in [7, 11) is 5.11. The number of nitrogens with two attached hydrogens (primary N) is 1. The number of hydrogen-bond donors (Lipinski definition) is 2. The second kappa shape index (κ2) is 13.7. The predicted molar refractivity (Wildman–Crippen MR) is 173 cm³/mol. The zero-order chi connectivity index (χ0) is 29.6. The Balaban J connectivity index is 1.71. The molecule has 2 heterocycles. The number of aromatic nitrogens is 1. The van der Waals surface area contributed by atoms with Crippen molar-refractivity contribution >= 4 is 45.0 Å². The Labute approximate surface area is 255 Å². The van der Waals surface area contributed by atoms with E-state index < -0.39 is 0 Å². The van der Waals surface area contributed by atoms with Gasteiger partial charge in [-0.2, -0.15) is 0 Å². The molecule has 2 aromatic carbocycles. The molecule has 0 amide bonds. The van der Waals surface area contributed by atoms with Gasteiger partial charge in [0.05, 0.1) is 13.5 Å². The van der Waals surface area contributed by atoms with Gasteiger partial charge in [-0.3, -0.25) is 9.59 Å². The minimum absolute atomic E-state index is 0.0104. The summed E-state index contributed by atoms with van der Waals surface area (Å²) in [5.74, 6) is 0.512. The van der Waals surface area contributed by atoms with Crippen LogP contribution in [0.3, 0.4) is 0 Å². The van der Waals surface area contributed by atoms with E-state index in [9.17, 15) is 14.7 Å². The number of methoxy groups -OCH3 is 1. The van der Waals surface area contributed by atoms with Crippen molar-refractivity contribution in [2.75, 3.05) is 12.8 Å². The highest BCUT2D eigenvalue weighted by Gasteiger charge is 2.28. The van der Waals surface area contributed by atoms with Gasteiger partial charge in [0.15, 0.2) is 17.3 Å². The van der Waals surface area contributed by atoms with Gasteiger partial charge in [-0.25, -0.2) is 4.98 Å². The second-order valence-corrected chi connectivity index (χ2v) is 13.5. The fourth-order valence-electron chi connectivity index (χ4n) is 5.62. The number of carbonyl (C=O) groups is 2. The molecule has 8 heteroatoms. The summed E-state index contributed by atoms with van der Waals surface area (Å²) >= 11 is 0. The van der Waals surface area contributed by atoms with E-state index in [-0.39, 0.29) is 46.1 Å². The van der Waals surface area contributed by atoms with Crippen LogP contribution in [0.1, 0.15) is 71.6 Å². The van der Waals surface area contributed by atoms with E-state index in [0.29, 0.717) is 24.4 Å². The molecule has 3 N–H and O–H groups in total. The van der Waals surface area contributed by atoms with Crippen molar-refractivity contribution in [3.05, 3.63) is 101 Å². The maximum atomic E-state index is 12.8. The number of fused-ring (bicyclic) bond motifs is 7. The lowest BCUT2D eigenvalue weighted by Gasteiger charge is -2.28. The van der Waals surface area contributed by atoms with Crippen LogP contribution in [0.5, 0.6) is 11.5 Å². The summed E-state index contributed by atoms with van der Waals surface area (Å²) in [5.41, 5.74) is 11.2. The van der Waals surface area contributed by atoms with Crippen LogP contribution >= 0.6 is 21.6 Å². The van der Waals surface area contributed by atoms with Crippen LogP contribution in [0, 0.1) is 5.92 Å². The predicted octanol–water partition coefficient (Wildman–Crippen LogP) is 7.48. The molecule has 1 aliphatic carbocycles. The summed E-state index contributed by atoms with van der Waals surface area (Å²) in [6, 6.07) is 16.0. The Morgan fingerprint density at radius 2 is 1.86 bits per heavy atom. The van der Waals surface area contributed by atoms with E-state index in [1.807, 2.05) is 16.9 Å². The summed E-state index contributed by atoms with van der Waals surface area (Å²) in [4.78, 5) is 30.2. The SMILES string of the molecule is CCC1CCC(=O)CC(=O)C=Cc2cc(OC)c(O)cc2C2C=CC1SSC(Cc1ccccc1)c1cc2cnc1N. The van der Waals surface area contributed by atoms with Crippen LogP contribution in [-0.4, -0.2) is 34.0 Å². The van der Waals surface area contributed by atoms with E-state index in [1.54, 1.807) is 35.2 Å². The van der Waals surface area contributed by atoms with Crippen LogP contribution in [-0.2, 0) is 16.0 Å². The quantitative estimate of drug-likeness (QED) is 0.181. The third-order valence-corrected chi connectivity index (χ3v) is 11.3. The molecular formula is C34H36N2O4S2. The number of nitrogens with zero attached hydrogens (tertiary/aromatic N) is 1. The molecule has 3 aromatic rings. The number of aromatic hydroxyl groups is 1. The summed E-state index contributed by atoms with van der Waals surface area (Å²) < 4.78 is 5.41. The van der Waals surface area contributed by atoms with E-state index in [0.717, 1.165) is 35.1 Å². The molecule has 6 nitrogen and oxygen atoms in total. The zero-order valence-electron chi connectivity index (χ0n) is 23.9. The highest BCUT2D eigenvalue weighted by atomic mass is 33.1. The third-order valence-electron chi connectivity index (χ3n) is 8.04. The number of hydrogen-bond acceptors (Lipinski definition) is 8. The van der Waals surface area contributed by atoms with Gasteiger partial charge in [-0.15, -0.1) is 0 Å². The molecule has 4 bridgehead atoms. The molecule has 42 heavy (non-hydrogen) atoms. The molecule has 0 saturated heterocycles. The lowest BCUT2D eigenvalue weighted by Crippen LogP contribution is -2.18. The summed E-state index contributed by atoms with van der Waals surface area (Å²) in [5, 5.41) is 11.0. The molecule has 1 aliphatic heterocycles. The number of phenols is 1. The molecule has 1 aromatic heterocycles. The van der Waals surface area contributed by atoms with Crippen LogP contribution in [0.2, 0.25) is 0 Å². The fourth-order valence-corrected chi connectivity index (χ4v) is 9.05. The van der Waals surface area contributed by atoms with E-state index in [1.165, 1.54) is 18.7 Å². The number of nitrogen functional groups attached to an aromatic ring is 1. The Morgan fingerprint density at radius 3 is 2.62 bits per heavy atom.